The van der Waals surface area contributed by atoms with Crippen molar-refractivity contribution in [2.45, 2.75) is 6.42 Å². The van der Waals surface area contributed by atoms with Gasteiger partial charge in [0.1, 0.15) is 0 Å². The first-order valence-corrected chi connectivity index (χ1v) is 6.02. The molecule has 0 unspecified atom stereocenters. The molecule has 6 N–H and O–H groups in total. The second-order valence-electron chi connectivity index (χ2n) is 4.35. The van der Waals surface area contributed by atoms with Gasteiger partial charge in [0.25, 0.3) is 0 Å². The van der Waals surface area contributed by atoms with E-state index in [9.17, 15) is 19.2 Å². The van der Waals surface area contributed by atoms with E-state index < -0.39 is 50.1 Å². The fourth-order valence-electron chi connectivity index (χ4n) is 1.71. The van der Waals surface area contributed by atoms with Crippen molar-refractivity contribution >= 4 is 23.9 Å². The summed E-state index contributed by atoms with van der Waals surface area (Å²) >= 11 is 0. The molecule has 0 atom stereocenters. The summed E-state index contributed by atoms with van der Waals surface area (Å²) in [5.41, 5.74) is 0. The normalized spacial score (nSPS) is 9.83. The van der Waals surface area contributed by atoms with E-state index in [2.05, 4.69) is 0 Å². The molecule has 0 amide bonds. The number of rotatable bonds is 12. The number of nitrogens with zero attached hydrogens (tertiary/aromatic N) is 2. The summed E-state index contributed by atoms with van der Waals surface area (Å²) < 4.78 is 0. The van der Waals surface area contributed by atoms with E-state index in [1.54, 1.807) is 0 Å². The molecule has 23 heavy (non-hydrogen) atoms. The molecule has 0 fully saturated rings. The van der Waals surface area contributed by atoms with Crippen molar-refractivity contribution in [1.82, 2.24) is 9.80 Å². The van der Waals surface area contributed by atoms with Gasteiger partial charge in [-0.3, -0.25) is 29.0 Å². The maximum atomic E-state index is 10.6. The van der Waals surface area contributed by atoms with Gasteiger partial charge in [-0.15, -0.1) is 0 Å². The van der Waals surface area contributed by atoms with Crippen molar-refractivity contribution in [2.24, 2.45) is 0 Å². The van der Waals surface area contributed by atoms with Gasteiger partial charge in [0.05, 0.1) is 26.2 Å². The number of carbonyl (C=O) groups is 4. The number of aliphatic carboxylic acids is 4. The van der Waals surface area contributed by atoms with Crippen molar-refractivity contribution in [3.8, 4) is 0 Å². The van der Waals surface area contributed by atoms with Gasteiger partial charge in [-0.2, -0.15) is 0 Å². The molecular weight excluding hydrogens is 359 g/mol. The van der Waals surface area contributed by atoms with Crippen molar-refractivity contribution in [2.75, 3.05) is 39.3 Å². The molecule has 133 valence electrons. The smallest absolute Gasteiger partial charge is 0.480 e. The summed E-state index contributed by atoms with van der Waals surface area (Å²) in [5, 5.41) is 34.6. The second kappa shape index (κ2) is 13.9. The standard InChI is InChI=1S/C11H18N2O8.Mn.H2O/c14-8(15)4-12(5-9(16)17)2-1-3-13(6-10(18)19)7-11(20)21;;/h1-7H2,(H,14,15)(H,16,17)(H,18,19)(H,20,21);;1H2/q;+2;. The van der Waals surface area contributed by atoms with Crippen molar-refractivity contribution in [3.05, 3.63) is 0 Å². The Kier molecular flexibility index (Phi) is 15.8. The molecule has 0 aromatic rings. The van der Waals surface area contributed by atoms with E-state index in [1.807, 2.05) is 0 Å². The topological polar surface area (TPSA) is 187 Å². The van der Waals surface area contributed by atoms with E-state index in [1.165, 1.54) is 9.80 Å². The van der Waals surface area contributed by atoms with Crippen LogP contribution in [0.5, 0.6) is 0 Å². The summed E-state index contributed by atoms with van der Waals surface area (Å²) in [5.74, 6) is -4.71. The van der Waals surface area contributed by atoms with Gasteiger partial charge in [-0.1, -0.05) is 0 Å². The zero-order valence-electron chi connectivity index (χ0n) is 12.1. The van der Waals surface area contributed by atoms with Gasteiger partial charge in [0, 0.05) is 13.1 Å². The minimum absolute atomic E-state index is 0. The molecular formula is C11H20MnN2O9+2. The number of hydrogen-bond donors (Lipinski definition) is 4. The van der Waals surface area contributed by atoms with Crippen LogP contribution in [-0.2, 0) is 36.2 Å². The zero-order valence-corrected chi connectivity index (χ0v) is 13.3. The molecule has 11 nitrogen and oxygen atoms in total. The summed E-state index contributed by atoms with van der Waals surface area (Å²) in [7, 11) is 0. The third-order valence-corrected chi connectivity index (χ3v) is 2.38. The first kappa shape index (κ1) is 26.2. The predicted octanol–water partition coefficient (Wildman–Crippen LogP) is -2.51. The Morgan fingerprint density at radius 3 is 1.00 bits per heavy atom. The molecule has 0 saturated heterocycles. The average Bonchev–Trinajstić information content (AvgIpc) is 2.24. The third kappa shape index (κ3) is 16.5. The Labute approximate surface area is 142 Å². The minimum atomic E-state index is -1.18. The molecule has 0 bridgehead atoms. The summed E-state index contributed by atoms with van der Waals surface area (Å²) in [6.07, 6.45) is 0.251. The molecule has 0 aromatic heterocycles. The molecule has 0 rings (SSSR count). The molecule has 1 radical (unpaired) electrons. The Morgan fingerprint density at radius 1 is 0.609 bits per heavy atom. The Hall–Kier alpha value is -1.72. The fourth-order valence-corrected chi connectivity index (χ4v) is 1.71. The largest absolute Gasteiger partial charge is 2.00 e. The van der Waals surface area contributed by atoms with Crippen LogP contribution >= 0.6 is 0 Å². The van der Waals surface area contributed by atoms with Crippen molar-refractivity contribution in [1.29, 1.82) is 0 Å². The minimum Gasteiger partial charge on any atom is -0.480 e. The molecule has 0 saturated carbocycles. The maximum absolute atomic E-state index is 10.6. The van der Waals surface area contributed by atoms with Crippen LogP contribution in [-0.4, -0.2) is 98.8 Å². The Balaban J connectivity index is -0.00000200. The summed E-state index contributed by atoms with van der Waals surface area (Å²) in [6, 6.07) is 0. The second-order valence-corrected chi connectivity index (χ2v) is 4.35. The van der Waals surface area contributed by atoms with Gasteiger partial charge >= 0.3 is 40.9 Å². The SMILES string of the molecule is O.O=C(O)CN(CCCN(CC(=O)O)CC(=O)O)CC(=O)O.[Mn+2]. The van der Waals surface area contributed by atoms with Crippen LogP contribution in [0.3, 0.4) is 0 Å². The summed E-state index contributed by atoms with van der Waals surface area (Å²) in [6.45, 7) is -1.61. The molecule has 0 heterocycles. The van der Waals surface area contributed by atoms with Crippen LogP contribution in [0.15, 0.2) is 0 Å². The van der Waals surface area contributed by atoms with E-state index in [4.69, 9.17) is 20.4 Å². The van der Waals surface area contributed by atoms with Crippen LogP contribution in [0.4, 0.5) is 0 Å². The van der Waals surface area contributed by atoms with Gasteiger partial charge in [0.15, 0.2) is 0 Å². The average molecular weight is 379 g/mol. The van der Waals surface area contributed by atoms with Gasteiger partial charge in [-0.05, 0) is 6.42 Å². The van der Waals surface area contributed by atoms with Crippen LogP contribution in [0.2, 0.25) is 0 Å². The molecule has 0 spiro atoms. The Bertz CT molecular complexity index is 337. The zero-order chi connectivity index (χ0) is 16.4. The van der Waals surface area contributed by atoms with E-state index in [0.717, 1.165) is 0 Å². The monoisotopic (exact) mass is 379 g/mol. The van der Waals surface area contributed by atoms with E-state index >= 15 is 0 Å². The van der Waals surface area contributed by atoms with E-state index in [0.29, 0.717) is 0 Å². The van der Waals surface area contributed by atoms with Crippen molar-refractivity contribution < 1.29 is 62.1 Å². The molecule has 0 aliphatic heterocycles. The third-order valence-electron chi connectivity index (χ3n) is 2.38. The number of carboxylic acid groups (broad SMARTS) is 4. The molecule has 0 aromatic carbocycles. The van der Waals surface area contributed by atoms with Crippen LogP contribution in [0.25, 0.3) is 0 Å². The van der Waals surface area contributed by atoms with Crippen LogP contribution in [0, 0.1) is 0 Å². The molecule has 0 aliphatic carbocycles. The number of hydrogen-bond acceptors (Lipinski definition) is 6. The van der Waals surface area contributed by atoms with Gasteiger partial charge in [-0.25, -0.2) is 0 Å². The summed E-state index contributed by atoms with van der Waals surface area (Å²) in [4.78, 5) is 44.7. The van der Waals surface area contributed by atoms with Crippen LogP contribution < -0.4 is 0 Å². The predicted molar refractivity (Wildman–Crippen MR) is 71.7 cm³/mol. The van der Waals surface area contributed by atoms with Gasteiger partial charge < -0.3 is 25.9 Å². The first-order valence-electron chi connectivity index (χ1n) is 6.02. The van der Waals surface area contributed by atoms with Crippen molar-refractivity contribution in [3.63, 3.8) is 0 Å². The first-order chi connectivity index (χ1) is 9.70. The number of carboxylic acids is 4. The van der Waals surface area contributed by atoms with Gasteiger partial charge in [0.2, 0.25) is 0 Å². The maximum Gasteiger partial charge on any atom is 2.00 e. The molecule has 12 heteroatoms. The van der Waals surface area contributed by atoms with Crippen LogP contribution in [0.1, 0.15) is 6.42 Å². The molecule has 0 aliphatic rings. The fraction of sp³-hybridized carbons (Fsp3) is 0.636. The quantitative estimate of drug-likeness (QED) is 0.264. The van der Waals surface area contributed by atoms with E-state index in [-0.39, 0.29) is 42.1 Å². The Morgan fingerprint density at radius 2 is 0.826 bits per heavy atom.